The first-order chi connectivity index (χ1) is 9.76. The maximum Gasteiger partial charge on any atom is 0.135 e. The first kappa shape index (κ1) is 16.7. The summed E-state index contributed by atoms with van der Waals surface area (Å²) in [5, 5.41) is 3.60. The Labute approximate surface area is 123 Å². The molecule has 0 bridgehead atoms. The van der Waals surface area contributed by atoms with Crippen LogP contribution < -0.4 is 5.32 Å². The highest BCUT2D eigenvalue weighted by atomic mass is 15.0. The predicted molar refractivity (Wildman–Crippen MR) is 88.7 cm³/mol. The molecule has 0 aliphatic carbocycles. The van der Waals surface area contributed by atoms with Crippen molar-refractivity contribution in [1.29, 1.82) is 0 Å². The Morgan fingerprint density at radius 2 is 2.05 bits per heavy atom. The van der Waals surface area contributed by atoms with E-state index < -0.39 is 0 Å². The van der Waals surface area contributed by atoms with E-state index in [1.807, 2.05) is 20.0 Å². The Morgan fingerprint density at radius 1 is 1.30 bits per heavy atom. The monoisotopic (exact) mass is 275 g/mol. The molecular weight excluding hydrogens is 246 g/mol. The van der Waals surface area contributed by atoms with Crippen molar-refractivity contribution in [3.63, 3.8) is 0 Å². The number of anilines is 1. The Hall–Kier alpha value is -1.38. The zero-order chi connectivity index (χ0) is 15.0. The fraction of sp³-hybridized carbons (Fsp3) is 0.647. The summed E-state index contributed by atoms with van der Waals surface area (Å²) in [4.78, 5) is 9.00. The number of aliphatic imine (C=N–C) groups is 1. The molecule has 0 aromatic carbocycles. The van der Waals surface area contributed by atoms with Gasteiger partial charge < -0.3 is 5.32 Å². The maximum absolute atomic E-state index is 4.50. The van der Waals surface area contributed by atoms with Crippen molar-refractivity contribution < 1.29 is 0 Å². The second kappa shape index (κ2) is 8.72. The van der Waals surface area contributed by atoms with E-state index in [0.717, 1.165) is 24.5 Å². The van der Waals surface area contributed by atoms with E-state index in [1.165, 1.54) is 30.4 Å². The van der Waals surface area contributed by atoms with E-state index in [9.17, 15) is 0 Å². The van der Waals surface area contributed by atoms with E-state index in [0.29, 0.717) is 6.04 Å². The van der Waals surface area contributed by atoms with Crippen molar-refractivity contribution in [2.45, 2.75) is 72.9 Å². The predicted octanol–water partition coefficient (Wildman–Crippen LogP) is 4.81. The number of pyridine rings is 1. The fourth-order valence-electron chi connectivity index (χ4n) is 2.45. The molecule has 1 aromatic rings. The van der Waals surface area contributed by atoms with Gasteiger partial charge in [0.25, 0.3) is 0 Å². The van der Waals surface area contributed by atoms with Crippen molar-refractivity contribution in [3.8, 4) is 0 Å². The highest BCUT2D eigenvalue weighted by Gasteiger charge is 2.18. The molecule has 3 heteroatoms. The smallest absolute Gasteiger partial charge is 0.135 e. The summed E-state index contributed by atoms with van der Waals surface area (Å²) in [5.41, 5.74) is 3.65. The summed E-state index contributed by atoms with van der Waals surface area (Å²) in [5.74, 6) is 1.02. The molecule has 0 amide bonds. The van der Waals surface area contributed by atoms with Crippen LogP contribution in [0.5, 0.6) is 0 Å². The van der Waals surface area contributed by atoms with Gasteiger partial charge in [0.2, 0.25) is 0 Å². The minimum Gasteiger partial charge on any atom is -0.367 e. The van der Waals surface area contributed by atoms with E-state index >= 15 is 0 Å². The molecule has 0 saturated heterocycles. The average molecular weight is 275 g/mol. The number of rotatable bonds is 6. The summed E-state index contributed by atoms with van der Waals surface area (Å²) in [7, 11) is 0. The number of hydrogen-bond acceptors (Lipinski definition) is 3. The maximum atomic E-state index is 4.50. The fourth-order valence-corrected chi connectivity index (χ4v) is 2.45. The molecule has 0 radical (unpaired) electrons. The van der Waals surface area contributed by atoms with Gasteiger partial charge in [0.15, 0.2) is 0 Å². The summed E-state index contributed by atoms with van der Waals surface area (Å²) in [6, 6.07) is 2.60. The van der Waals surface area contributed by atoms with Crippen molar-refractivity contribution in [1.82, 2.24) is 4.98 Å². The number of unbranched alkanes of at least 4 members (excludes halogenated alkanes) is 1. The summed E-state index contributed by atoms with van der Waals surface area (Å²) < 4.78 is 0. The molecule has 1 aliphatic rings. The number of nitrogens with zero attached hydrogens (tertiary/aromatic N) is 2. The lowest BCUT2D eigenvalue weighted by Gasteiger charge is -2.19. The quantitative estimate of drug-likeness (QED) is 0.808. The number of nitrogens with one attached hydrogen (secondary N) is 1. The van der Waals surface area contributed by atoms with Crippen LogP contribution in [0.1, 0.15) is 71.4 Å². The molecule has 2 rings (SSSR count). The minimum atomic E-state index is 0.525. The first-order valence-electron chi connectivity index (χ1n) is 8.02. The first-order valence-corrected chi connectivity index (χ1v) is 8.02. The molecule has 112 valence electrons. The molecule has 1 atom stereocenters. The lowest BCUT2D eigenvalue weighted by Crippen LogP contribution is -2.20. The molecule has 1 unspecified atom stereocenters. The van der Waals surface area contributed by atoms with Gasteiger partial charge in [0, 0.05) is 23.5 Å². The van der Waals surface area contributed by atoms with Gasteiger partial charge in [-0.2, -0.15) is 0 Å². The highest BCUT2D eigenvalue weighted by Crippen LogP contribution is 2.25. The van der Waals surface area contributed by atoms with E-state index in [-0.39, 0.29) is 0 Å². The van der Waals surface area contributed by atoms with Crippen molar-refractivity contribution >= 4 is 11.5 Å². The van der Waals surface area contributed by atoms with Crippen molar-refractivity contribution in [3.05, 3.63) is 23.4 Å². The van der Waals surface area contributed by atoms with Gasteiger partial charge >= 0.3 is 0 Å². The number of hydrogen-bond donors (Lipinski definition) is 1. The third-order valence-electron chi connectivity index (χ3n) is 3.63. The van der Waals surface area contributed by atoms with Gasteiger partial charge in [-0.3, -0.25) is 4.99 Å². The van der Waals surface area contributed by atoms with Crippen LogP contribution in [0.3, 0.4) is 0 Å². The Morgan fingerprint density at radius 3 is 2.70 bits per heavy atom. The normalized spacial score (nSPS) is 13.9. The summed E-state index contributed by atoms with van der Waals surface area (Å²) in [6.45, 7) is 11.4. The second-order valence-corrected chi connectivity index (χ2v) is 4.99. The molecule has 1 N–H and O–H groups in total. The molecule has 0 fully saturated rings. The van der Waals surface area contributed by atoms with Gasteiger partial charge in [-0.15, -0.1) is 0 Å². The molecule has 0 saturated carbocycles. The standard InChI is InChI=1S/C15H23N3.C2H6/c1-4-6-7-13(5-2)18-15-14-11(3)17-10-12(14)8-9-16-15;1-2/h8-9,13H,4-7,10H2,1-3H3,(H,16,18);1-2H3. The van der Waals surface area contributed by atoms with E-state index in [2.05, 4.69) is 42.1 Å². The van der Waals surface area contributed by atoms with Crippen molar-refractivity contribution in [2.75, 3.05) is 5.32 Å². The van der Waals surface area contributed by atoms with Gasteiger partial charge in [-0.25, -0.2) is 4.98 Å². The minimum absolute atomic E-state index is 0.525. The largest absolute Gasteiger partial charge is 0.367 e. The van der Waals surface area contributed by atoms with Crippen LogP contribution in [-0.2, 0) is 6.54 Å². The van der Waals surface area contributed by atoms with Gasteiger partial charge in [0.05, 0.1) is 6.54 Å². The molecule has 3 nitrogen and oxygen atoms in total. The summed E-state index contributed by atoms with van der Waals surface area (Å²) in [6.07, 6.45) is 6.77. The van der Waals surface area contributed by atoms with Crippen LogP contribution in [0.25, 0.3) is 0 Å². The van der Waals surface area contributed by atoms with E-state index in [4.69, 9.17) is 0 Å². The molecule has 2 heterocycles. The van der Waals surface area contributed by atoms with Crippen LogP contribution in [-0.4, -0.2) is 16.7 Å². The zero-order valence-electron chi connectivity index (χ0n) is 13.7. The highest BCUT2D eigenvalue weighted by molar-refractivity contribution is 6.05. The topological polar surface area (TPSA) is 37.3 Å². The Kier molecular flexibility index (Phi) is 7.27. The summed E-state index contributed by atoms with van der Waals surface area (Å²) >= 11 is 0. The molecule has 20 heavy (non-hydrogen) atoms. The van der Waals surface area contributed by atoms with Gasteiger partial charge in [0.1, 0.15) is 5.82 Å². The second-order valence-electron chi connectivity index (χ2n) is 4.99. The van der Waals surface area contributed by atoms with Crippen LogP contribution in [0.2, 0.25) is 0 Å². The van der Waals surface area contributed by atoms with Crippen LogP contribution in [0, 0.1) is 0 Å². The van der Waals surface area contributed by atoms with Gasteiger partial charge in [-0.05, 0) is 31.4 Å². The van der Waals surface area contributed by atoms with Crippen LogP contribution in [0.4, 0.5) is 5.82 Å². The SMILES string of the molecule is CC.CCCCC(CC)Nc1nccc2c1C(C)=NC2. The number of fused-ring (bicyclic) bond motifs is 1. The third-order valence-corrected chi connectivity index (χ3v) is 3.63. The van der Waals surface area contributed by atoms with Crippen molar-refractivity contribution in [2.24, 2.45) is 4.99 Å². The molecule has 1 aliphatic heterocycles. The van der Waals surface area contributed by atoms with Gasteiger partial charge in [-0.1, -0.05) is 40.5 Å². The molecular formula is C17H29N3. The third kappa shape index (κ3) is 4.06. The van der Waals surface area contributed by atoms with E-state index in [1.54, 1.807) is 0 Å². The Bertz CT molecular complexity index is 438. The number of aromatic nitrogens is 1. The average Bonchev–Trinajstić information content (AvgIpc) is 2.88. The lowest BCUT2D eigenvalue weighted by atomic mass is 10.1. The zero-order valence-corrected chi connectivity index (χ0v) is 13.7. The Balaban J connectivity index is 0.000000956. The van der Waals surface area contributed by atoms with Crippen LogP contribution in [0.15, 0.2) is 17.3 Å². The lowest BCUT2D eigenvalue weighted by molar-refractivity contribution is 0.591. The molecule has 0 spiro atoms. The van der Waals surface area contributed by atoms with Crippen LogP contribution >= 0.6 is 0 Å². The molecule has 1 aromatic heterocycles.